The number of carbonyl (C=O) groups is 1. The largest absolute Gasteiger partial charge is 0.336 e. The molecule has 1 aromatic carbocycles. The van der Waals surface area contributed by atoms with Crippen LogP contribution in [0.3, 0.4) is 0 Å². The Balaban J connectivity index is 1.48. The van der Waals surface area contributed by atoms with Gasteiger partial charge >= 0.3 is 0 Å². The van der Waals surface area contributed by atoms with Crippen LogP contribution in [0.4, 0.5) is 0 Å². The standard InChI is InChI=1S/C19H22N4O3S/c24-19(22-10-8-15-11-20-14-21-18(15)13-22)16-5-4-9-23(12-16)27(25,26)17-6-2-1-3-7-17/h1-3,6-7,11,14,16H,4-5,8-10,12-13H2/t16-/m1/s1. The first-order valence-corrected chi connectivity index (χ1v) is 10.6. The van der Waals surface area contributed by atoms with Gasteiger partial charge in [0.1, 0.15) is 6.33 Å². The van der Waals surface area contributed by atoms with E-state index in [2.05, 4.69) is 9.97 Å². The van der Waals surface area contributed by atoms with Gasteiger partial charge in [-0.1, -0.05) is 18.2 Å². The van der Waals surface area contributed by atoms with Crippen LogP contribution in [0.25, 0.3) is 0 Å². The third kappa shape index (κ3) is 3.59. The number of piperidine rings is 1. The molecule has 2 aliphatic heterocycles. The molecule has 8 heteroatoms. The fourth-order valence-electron chi connectivity index (χ4n) is 3.80. The van der Waals surface area contributed by atoms with Gasteiger partial charge in [-0.3, -0.25) is 4.79 Å². The number of nitrogens with zero attached hydrogens (tertiary/aromatic N) is 4. The van der Waals surface area contributed by atoms with Gasteiger partial charge in [0.2, 0.25) is 15.9 Å². The molecule has 0 unspecified atom stereocenters. The second-order valence-electron chi connectivity index (χ2n) is 7.02. The zero-order chi connectivity index (χ0) is 18.9. The smallest absolute Gasteiger partial charge is 0.243 e. The van der Waals surface area contributed by atoms with Crippen LogP contribution in [-0.2, 0) is 27.8 Å². The van der Waals surface area contributed by atoms with E-state index >= 15 is 0 Å². The molecular weight excluding hydrogens is 364 g/mol. The molecule has 1 aromatic heterocycles. The molecule has 0 radical (unpaired) electrons. The van der Waals surface area contributed by atoms with Gasteiger partial charge in [-0.05, 0) is 37.0 Å². The quantitative estimate of drug-likeness (QED) is 0.798. The number of sulfonamides is 1. The Bertz CT molecular complexity index is 933. The van der Waals surface area contributed by atoms with Crippen LogP contribution in [0.15, 0.2) is 47.8 Å². The number of hydrogen-bond acceptors (Lipinski definition) is 5. The van der Waals surface area contributed by atoms with Gasteiger partial charge in [-0.15, -0.1) is 0 Å². The molecule has 0 bridgehead atoms. The van der Waals surface area contributed by atoms with Crippen molar-refractivity contribution in [1.82, 2.24) is 19.2 Å². The zero-order valence-corrected chi connectivity index (χ0v) is 15.8. The van der Waals surface area contributed by atoms with Gasteiger partial charge < -0.3 is 4.90 Å². The summed E-state index contributed by atoms with van der Waals surface area (Å²) in [4.78, 5) is 23.4. The highest BCUT2D eigenvalue weighted by atomic mass is 32.2. The average Bonchev–Trinajstić information content (AvgIpc) is 2.73. The number of rotatable bonds is 3. The van der Waals surface area contributed by atoms with Crippen LogP contribution in [-0.4, -0.2) is 53.1 Å². The number of benzene rings is 1. The maximum Gasteiger partial charge on any atom is 0.243 e. The second-order valence-corrected chi connectivity index (χ2v) is 8.96. The first kappa shape index (κ1) is 18.1. The summed E-state index contributed by atoms with van der Waals surface area (Å²) in [6.07, 6.45) is 5.45. The highest BCUT2D eigenvalue weighted by Crippen LogP contribution is 2.26. The molecule has 0 spiro atoms. The van der Waals surface area contributed by atoms with Crippen molar-refractivity contribution in [2.75, 3.05) is 19.6 Å². The summed E-state index contributed by atoms with van der Waals surface area (Å²) in [5.41, 5.74) is 1.97. The third-order valence-corrected chi connectivity index (χ3v) is 7.18. The summed E-state index contributed by atoms with van der Waals surface area (Å²) in [7, 11) is -3.57. The van der Waals surface area contributed by atoms with E-state index in [1.165, 1.54) is 10.6 Å². The van der Waals surface area contributed by atoms with Gasteiger partial charge in [-0.25, -0.2) is 18.4 Å². The molecule has 7 nitrogen and oxygen atoms in total. The van der Waals surface area contributed by atoms with Crippen molar-refractivity contribution >= 4 is 15.9 Å². The lowest BCUT2D eigenvalue weighted by Gasteiger charge is -2.35. The summed E-state index contributed by atoms with van der Waals surface area (Å²) in [6, 6.07) is 8.42. The van der Waals surface area contributed by atoms with Gasteiger partial charge in [0.05, 0.1) is 23.1 Å². The van der Waals surface area contributed by atoms with Gasteiger partial charge in [-0.2, -0.15) is 4.31 Å². The van der Waals surface area contributed by atoms with E-state index in [4.69, 9.17) is 0 Å². The summed E-state index contributed by atoms with van der Waals surface area (Å²) >= 11 is 0. The van der Waals surface area contributed by atoms with Crippen LogP contribution in [0, 0.1) is 5.92 Å². The SMILES string of the molecule is O=C([C@@H]1CCCN(S(=O)(=O)c2ccccc2)C1)N1CCc2cncnc2C1. The molecule has 142 valence electrons. The molecule has 1 atom stereocenters. The lowest BCUT2D eigenvalue weighted by Crippen LogP contribution is -2.47. The molecule has 0 saturated carbocycles. The van der Waals surface area contributed by atoms with Crippen molar-refractivity contribution in [3.8, 4) is 0 Å². The van der Waals surface area contributed by atoms with Crippen molar-refractivity contribution in [3.05, 3.63) is 54.1 Å². The topological polar surface area (TPSA) is 83.5 Å². The van der Waals surface area contributed by atoms with Crippen LogP contribution >= 0.6 is 0 Å². The average molecular weight is 386 g/mol. The first-order chi connectivity index (χ1) is 13.1. The zero-order valence-electron chi connectivity index (χ0n) is 15.0. The summed E-state index contributed by atoms with van der Waals surface area (Å²) in [5, 5.41) is 0. The molecule has 2 aliphatic rings. The molecular formula is C19H22N4O3S. The van der Waals surface area contributed by atoms with Crippen molar-refractivity contribution < 1.29 is 13.2 Å². The van der Waals surface area contributed by atoms with Gasteiger partial charge in [0.15, 0.2) is 0 Å². The first-order valence-electron chi connectivity index (χ1n) is 9.17. The van der Waals surface area contributed by atoms with Crippen molar-refractivity contribution in [3.63, 3.8) is 0 Å². The Morgan fingerprint density at radius 3 is 2.78 bits per heavy atom. The monoisotopic (exact) mass is 386 g/mol. The van der Waals surface area contributed by atoms with Crippen molar-refractivity contribution in [2.45, 2.75) is 30.7 Å². The number of fused-ring (bicyclic) bond motifs is 1. The van der Waals surface area contributed by atoms with Gasteiger partial charge in [0, 0.05) is 25.8 Å². The minimum absolute atomic E-state index is 0.0206. The second kappa shape index (κ2) is 7.36. The maximum absolute atomic E-state index is 13.0. The Morgan fingerprint density at radius 2 is 1.96 bits per heavy atom. The lowest BCUT2D eigenvalue weighted by atomic mass is 9.96. The van der Waals surface area contributed by atoms with E-state index in [0.29, 0.717) is 32.5 Å². The number of carbonyl (C=O) groups excluding carboxylic acids is 1. The van der Waals surface area contributed by atoms with E-state index in [-0.39, 0.29) is 23.3 Å². The molecule has 1 fully saturated rings. The number of amides is 1. The Hall–Kier alpha value is -2.32. The Labute approximate surface area is 159 Å². The van der Waals surface area contributed by atoms with Crippen LogP contribution in [0.2, 0.25) is 0 Å². The highest BCUT2D eigenvalue weighted by molar-refractivity contribution is 7.89. The highest BCUT2D eigenvalue weighted by Gasteiger charge is 2.35. The normalized spacial score (nSPS) is 20.9. The van der Waals surface area contributed by atoms with E-state index in [1.54, 1.807) is 41.4 Å². The molecule has 0 aliphatic carbocycles. The predicted octanol–water partition coefficient (Wildman–Crippen LogP) is 1.46. The number of hydrogen-bond donors (Lipinski definition) is 0. The Morgan fingerprint density at radius 1 is 1.15 bits per heavy atom. The molecule has 3 heterocycles. The predicted molar refractivity (Wildman–Crippen MR) is 99.1 cm³/mol. The summed E-state index contributed by atoms with van der Waals surface area (Å²) in [6.45, 7) is 1.79. The summed E-state index contributed by atoms with van der Waals surface area (Å²) in [5.74, 6) is -0.284. The van der Waals surface area contributed by atoms with Crippen molar-refractivity contribution in [1.29, 1.82) is 0 Å². The molecule has 27 heavy (non-hydrogen) atoms. The molecule has 1 amide bonds. The fourth-order valence-corrected chi connectivity index (χ4v) is 5.35. The van der Waals surface area contributed by atoms with Gasteiger partial charge in [0.25, 0.3) is 0 Å². The van der Waals surface area contributed by atoms with Crippen LogP contribution in [0.1, 0.15) is 24.1 Å². The van der Waals surface area contributed by atoms with Crippen LogP contribution in [0.5, 0.6) is 0 Å². The molecule has 4 rings (SSSR count). The minimum Gasteiger partial charge on any atom is -0.336 e. The number of aromatic nitrogens is 2. The van der Waals surface area contributed by atoms with E-state index in [1.807, 2.05) is 0 Å². The lowest BCUT2D eigenvalue weighted by molar-refractivity contribution is -0.137. The maximum atomic E-state index is 13.0. The summed E-state index contributed by atoms with van der Waals surface area (Å²) < 4.78 is 27.2. The van der Waals surface area contributed by atoms with E-state index in [9.17, 15) is 13.2 Å². The van der Waals surface area contributed by atoms with E-state index < -0.39 is 10.0 Å². The molecule has 1 saturated heterocycles. The minimum atomic E-state index is -3.57. The Kier molecular flexibility index (Phi) is 4.92. The molecule has 2 aromatic rings. The van der Waals surface area contributed by atoms with Crippen LogP contribution < -0.4 is 0 Å². The molecule has 0 N–H and O–H groups in total. The third-order valence-electron chi connectivity index (χ3n) is 5.30. The fraction of sp³-hybridized carbons (Fsp3) is 0.421. The van der Waals surface area contributed by atoms with Crippen molar-refractivity contribution in [2.24, 2.45) is 5.92 Å². The van der Waals surface area contributed by atoms with E-state index in [0.717, 1.165) is 17.7 Å².